The number of nitrogens with two attached hydrogens (primary N) is 1. The number of esters is 1. The largest absolute Gasteiger partial charge is 0.452 e. The Balaban J connectivity index is 1.93. The molecular formula is C18H16ClFN2O4. The Hall–Kier alpha value is -2.93. The van der Waals surface area contributed by atoms with E-state index in [0.717, 1.165) is 0 Å². The molecule has 0 aliphatic heterocycles. The maximum Gasteiger partial charge on any atom is 0.311 e. The Kier molecular flexibility index (Phi) is 6.30. The quantitative estimate of drug-likeness (QED) is 0.755. The van der Waals surface area contributed by atoms with Crippen LogP contribution in [0.3, 0.4) is 0 Å². The van der Waals surface area contributed by atoms with E-state index in [1.807, 2.05) is 0 Å². The Morgan fingerprint density at radius 1 is 1.19 bits per heavy atom. The van der Waals surface area contributed by atoms with Crippen molar-refractivity contribution in [1.29, 1.82) is 0 Å². The first-order chi connectivity index (χ1) is 12.3. The van der Waals surface area contributed by atoms with E-state index in [0.29, 0.717) is 11.3 Å². The van der Waals surface area contributed by atoms with Gasteiger partial charge in [0.05, 0.1) is 6.42 Å². The van der Waals surface area contributed by atoms with Crippen molar-refractivity contribution in [3.05, 3.63) is 64.4 Å². The number of ether oxygens (including phenoxy) is 1. The van der Waals surface area contributed by atoms with Crippen molar-refractivity contribution in [2.45, 2.75) is 19.4 Å². The first-order valence-electron chi connectivity index (χ1n) is 7.61. The standard InChI is InChI=1S/C18H16ClFN2O4/c1-10(18(25)22-12-7-5-11(6-8-12)17(21)24)26-16(23)9-13-14(19)3-2-4-15(13)20/h2-8,10H,9H2,1H3,(H2,21,24)(H,22,25)/t10-/m1/s1. The predicted octanol–water partition coefficient (Wildman–Crippen LogP) is 2.69. The number of amides is 2. The van der Waals surface area contributed by atoms with Crippen LogP contribution in [-0.4, -0.2) is 23.9 Å². The molecule has 0 radical (unpaired) electrons. The van der Waals surface area contributed by atoms with Crippen LogP contribution in [0.5, 0.6) is 0 Å². The lowest BCUT2D eigenvalue weighted by atomic mass is 10.1. The number of hydrogen-bond donors (Lipinski definition) is 2. The minimum absolute atomic E-state index is 0.00816. The SMILES string of the molecule is C[C@@H](OC(=O)Cc1c(F)cccc1Cl)C(=O)Nc1ccc(C(N)=O)cc1. The first-order valence-corrected chi connectivity index (χ1v) is 7.99. The van der Waals surface area contributed by atoms with Gasteiger partial charge in [0.1, 0.15) is 5.82 Å². The first kappa shape index (κ1) is 19.4. The molecule has 0 bridgehead atoms. The van der Waals surface area contributed by atoms with Gasteiger partial charge in [-0.2, -0.15) is 0 Å². The van der Waals surface area contributed by atoms with Crippen molar-refractivity contribution < 1.29 is 23.5 Å². The lowest BCUT2D eigenvalue weighted by Gasteiger charge is -2.14. The number of carbonyl (C=O) groups excluding carboxylic acids is 3. The molecule has 0 aromatic heterocycles. The molecule has 0 fully saturated rings. The van der Waals surface area contributed by atoms with Crippen LogP contribution >= 0.6 is 11.6 Å². The van der Waals surface area contributed by atoms with Gasteiger partial charge in [-0.1, -0.05) is 17.7 Å². The summed E-state index contributed by atoms with van der Waals surface area (Å²) in [5.74, 6) is -2.58. The molecule has 0 saturated heterocycles. The topological polar surface area (TPSA) is 98.5 Å². The normalized spacial score (nSPS) is 11.5. The molecule has 0 unspecified atom stereocenters. The van der Waals surface area contributed by atoms with Gasteiger partial charge in [-0.05, 0) is 43.3 Å². The second-order valence-electron chi connectivity index (χ2n) is 5.44. The molecule has 3 N–H and O–H groups in total. The summed E-state index contributed by atoms with van der Waals surface area (Å²) >= 11 is 5.86. The number of hydrogen-bond acceptors (Lipinski definition) is 4. The highest BCUT2D eigenvalue weighted by atomic mass is 35.5. The van der Waals surface area contributed by atoms with Crippen LogP contribution in [0.25, 0.3) is 0 Å². The van der Waals surface area contributed by atoms with Crippen LogP contribution in [0, 0.1) is 5.82 Å². The molecular weight excluding hydrogens is 363 g/mol. The second kappa shape index (κ2) is 8.44. The predicted molar refractivity (Wildman–Crippen MR) is 94.3 cm³/mol. The molecule has 2 amide bonds. The molecule has 2 aromatic rings. The van der Waals surface area contributed by atoms with E-state index in [1.54, 1.807) is 0 Å². The number of carbonyl (C=O) groups is 3. The third kappa shape index (κ3) is 5.03. The van der Waals surface area contributed by atoms with E-state index >= 15 is 0 Å². The molecule has 2 aromatic carbocycles. The third-order valence-corrected chi connectivity index (χ3v) is 3.85. The van der Waals surface area contributed by atoms with Gasteiger partial charge in [0.2, 0.25) is 5.91 Å². The summed E-state index contributed by atoms with van der Waals surface area (Å²) in [7, 11) is 0. The van der Waals surface area contributed by atoms with Crippen LogP contribution in [0.1, 0.15) is 22.8 Å². The lowest BCUT2D eigenvalue weighted by Crippen LogP contribution is -2.30. The monoisotopic (exact) mass is 378 g/mol. The Morgan fingerprint density at radius 3 is 2.42 bits per heavy atom. The average molecular weight is 379 g/mol. The van der Waals surface area contributed by atoms with E-state index in [-0.39, 0.29) is 10.6 Å². The number of halogens is 2. The van der Waals surface area contributed by atoms with Crippen LogP contribution in [0.15, 0.2) is 42.5 Å². The minimum Gasteiger partial charge on any atom is -0.452 e. The van der Waals surface area contributed by atoms with Gasteiger partial charge in [-0.25, -0.2) is 4.39 Å². The molecule has 0 heterocycles. The zero-order valence-electron chi connectivity index (χ0n) is 13.8. The van der Waals surface area contributed by atoms with E-state index < -0.39 is 36.1 Å². The number of anilines is 1. The second-order valence-corrected chi connectivity index (χ2v) is 5.85. The number of benzene rings is 2. The maximum absolute atomic E-state index is 13.7. The molecule has 136 valence electrons. The smallest absolute Gasteiger partial charge is 0.311 e. The molecule has 0 saturated carbocycles. The van der Waals surface area contributed by atoms with Crippen LogP contribution < -0.4 is 11.1 Å². The van der Waals surface area contributed by atoms with Gasteiger partial charge in [-0.3, -0.25) is 14.4 Å². The molecule has 26 heavy (non-hydrogen) atoms. The number of nitrogens with one attached hydrogen (secondary N) is 1. The average Bonchev–Trinajstić information content (AvgIpc) is 2.58. The molecule has 6 nitrogen and oxygen atoms in total. The van der Waals surface area contributed by atoms with Crippen molar-refractivity contribution >= 4 is 35.1 Å². The number of rotatable bonds is 6. The van der Waals surface area contributed by atoms with Crippen LogP contribution in [0.4, 0.5) is 10.1 Å². The highest BCUT2D eigenvalue weighted by molar-refractivity contribution is 6.31. The molecule has 1 atom stereocenters. The molecule has 0 aliphatic rings. The van der Waals surface area contributed by atoms with Gasteiger partial charge < -0.3 is 15.8 Å². The van der Waals surface area contributed by atoms with Crippen LogP contribution in [-0.2, 0) is 20.7 Å². The highest BCUT2D eigenvalue weighted by Crippen LogP contribution is 2.20. The molecule has 8 heteroatoms. The van der Waals surface area contributed by atoms with Crippen molar-refractivity contribution in [3.8, 4) is 0 Å². The van der Waals surface area contributed by atoms with E-state index in [2.05, 4.69) is 5.32 Å². The van der Waals surface area contributed by atoms with Crippen molar-refractivity contribution in [2.24, 2.45) is 5.73 Å². The third-order valence-electron chi connectivity index (χ3n) is 3.50. The number of primary amides is 1. The summed E-state index contributed by atoms with van der Waals surface area (Å²) in [6.07, 6.45) is -1.50. The van der Waals surface area contributed by atoms with Crippen LogP contribution in [0.2, 0.25) is 5.02 Å². The fraction of sp³-hybridized carbons (Fsp3) is 0.167. The van der Waals surface area contributed by atoms with Crippen molar-refractivity contribution in [2.75, 3.05) is 5.32 Å². The van der Waals surface area contributed by atoms with Gasteiger partial charge in [-0.15, -0.1) is 0 Å². The maximum atomic E-state index is 13.7. The fourth-order valence-electron chi connectivity index (χ4n) is 2.10. The minimum atomic E-state index is -1.11. The molecule has 0 spiro atoms. The summed E-state index contributed by atoms with van der Waals surface area (Å²) in [5, 5.41) is 2.64. The Morgan fingerprint density at radius 2 is 1.85 bits per heavy atom. The molecule has 0 aliphatic carbocycles. The summed E-state index contributed by atoms with van der Waals surface area (Å²) < 4.78 is 18.7. The zero-order chi connectivity index (χ0) is 19.3. The van der Waals surface area contributed by atoms with Crippen molar-refractivity contribution in [3.63, 3.8) is 0 Å². The fourth-order valence-corrected chi connectivity index (χ4v) is 2.33. The summed E-state index contributed by atoms with van der Waals surface area (Å²) in [5.41, 5.74) is 5.84. The Bertz CT molecular complexity index is 819. The summed E-state index contributed by atoms with van der Waals surface area (Å²) in [4.78, 5) is 35.0. The van der Waals surface area contributed by atoms with Crippen molar-refractivity contribution in [1.82, 2.24) is 0 Å². The lowest BCUT2D eigenvalue weighted by molar-refractivity contribution is -0.152. The van der Waals surface area contributed by atoms with E-state index in [1.165, 1.54) is 49.4 Å². The van der Waals surface area contributed by atoms with Gasteiger partial charge in [0.15, 0.2) is 6.10 Å². The summed E-state index contributed by atoms with van der Waals surface area (Å²) in [6.45, 7) is 1.38. The van der Waals surface area contributed by atoms with E-state index in [9.17, 15) is 18.8 Å². The van der Waals surface area contributed by atoms with Gasteiger partial charge >= 0.3 is 5.97 Å². The summed E-state index contributed by atoms with van der Waals surface area (Å²) in [6, 6.07) is 9.95. The zero-order valence-corrected chi connectivity index (χ0v) is 14.5. The Labute approximate surface area is 154 Å². The van der Waals surface area contributed by atoms with Gasteiger partial charge in [0.25, 0.3) is 5.91 Å². The van der Waals surface area contributed by atoms with Gasteiger partial charge in [0, 0.05) is 21.8 Å². The molecule has 2 rings (SSSR count). The highest BCUT2D eigenvalue weighted by Gasteiger charge is 2.20. The van der Waals surface area contributed by atoms with E-state index in [4.69, 9.17) is 22.1 Å².